The molecule has 1 amide bonds. The molecule has 1 N–H and O–H groups in total. The highest BCUT2D eigenvalue weighted by atomic mass is 32.2. The smallest absolute Gasteiger partial charge is 0.217 e. The summed E-state index contributed by atoms with van der Waals surface area (Å²) in [6, 6.07) is 0. The minimum atomic E-state index is -3.22. The zero-order valence-electron chi connectivity index (χ0n) is 12.9. The van der Waals surface area contributed by atoms with Crippen LogP contribution in [0.25, 0.3) is 0 Å². The second-order valence-electron chi connectivity index (χ2n) is 6.53. The van der Waals surface area contributed by atoms with Gasteiger partial charge in [0.2, 0.25) is 15.9 Å². The molecule has 2 saturated heterocycles. The predicted octanol–water partition coefficient (Wildman–Crippen LogP) is -0.135. The molecule has 0 unspecified atom stereocenters. The molecule has 2 heterocycles. The molecular weight excluding hydrogens is 308 g/mol. The van der Waals surface area contributed by atoms with Crippen molar-refractivity contribution in [2.75, 3.05) is 32.8 Å². The van der Waals surface area contributed by atoms with Gasteiger partial charge < -0.3 is 14.8 Å². The molecule has 0 aromatic rings. The van der Waals surface area contributed by atoms with E-state index < -0.39 is 15.6 Å². The highest BCUT2D eigenvalue weighted by Gasteiger charge is 2.48. The van der Waals surface area contributed by atoms with Crippen molar-refractivity contribution < 1.29 is 22.7 Å². The summed E-state index contributed by atoms with van der Waals surface area (Å²) in [5, 5.41) is 2.55. The van der Waals surface area contributed by atoms with Gasteiger partial charge in [0.25, 0.3) is 0 Å². The Balaban J connectivity index is 1.66. The van der Waals surface area contributed by atoms with Crippen LogP contribution in [0.3, 0.4) is 0 Å². The number of nitrogens with zero attached hydrogens (tertiary/aromatic N) is 1. The van der Waals surface area contributed by atoms with Crippen molar-refractivity contribution in [3.05, 3.63) is 0 Å². The molecule has 0 aromatic carbocycles. The third-order valence-corrected chi connectivity index (χ3v) is 6.88. The predicted molar refractivity (Wildman–Crippen MR) is 79.9 cm³/mol. The average molecular weight is 332 g/mol. The quantitative estimate of drug-likeness (QED) is 0.775. The Morgan fingerprint density at radius 1 is 1.36 bits per heavy atom. The molecule has 0 aromatic heterocycles. The number of nitrogens with one attached hydrogen (secondary N) is 1. The van der Waals surface area contributed by atoms with E-state index in [0.29, 0.717) is 32.8 Å². The molecule has 22 heavy (non-hydrogen) atoms. The maximum atomic E-state index is 12.5. The topological polar surface area (TPSA) is 84.9 Å². The molecule has 3 rings (SSSR count). The molecule has 8 heteroatoms. The molecule has 2 aliphatic heterocycles. The van der Waals surface area contributed by atoms with Crippen LogP contribution in [-0.2, 0) is 24.3 Å². The van der Waals surface area contributed by atoms with Gasteiger partial charge in [0.1, 0.15) is 5.60 Å². The Morgan fingerprint density at radius 2 is 2.14 bits per heavy atom. The van der Waals surface area contributed by atoms with Gasteiger partial charge in [0, 0.05) is 26.6 Å². The summed E-state index contributed by atoms with van der Waals surface area (Å²) in [5.41, 5.74) is -0.568. The summed E-state index contributed by atoms with van der Waals surface area (Å²) in [5.74, 6) is -0.0837. The van der Waals surface area contributed by atoms with Crippen molar-refractivity contribution in [3.63, 3.8) is 0 Å². The number of hydrogen-bond donors (Lipinski definition) is 1. The summed E-state index contributed by atoms with van der Waals surface area (Å²) in [4.78, 5) is 11.0. The molecule has 0 radical (unpaired) electrons. The number of carbonyl (C=O) groups is 1. The van der Waals surface area contributed by atoms with Crippen molar-refractivity contribution in [2.24, 2.45) is 0 Å². The first-order valence-electron chi connectivity index (χ1n) is 7.90. The van der Waals surface area contributed by atoms with E-state index in [1.807, 2.05) is 0 Å². The van der Waals surface area contributed by atoms with E-state index in [-0.39, 0.29) is 17.3 Å². The van der Waals surface area contributed by atoms with Crippen molar-refractivity contribution in [2.45, 2.75) is 49.6 Å². The number of amides is 1. The van der Waals surface area contributed by atoms with Gasteiger partial charge in [0.15, 0.2) is 0 Å². The fourth-order valence-electron chi connectivity index (χ4n) is 3.18. The first-order valence-corrected chi connectivity index (χ1v) is 9.41. The monoisotopic (exact) mass is 332 g/mol. The molecule has 1 saturated carbocycles. The van der Waals surface area contributed by atoms with Crippen LogP contribution in [0.15, 0.2) is 0 Å². The molecule has 1 aliphatic carbocycles. The molecule has 7 nitrogen and oxygen atoms in total. The van der Waals surface area contributed by atoms with Crippen molar-refractivity contribution in [1.29, 1.82) is 0 Å². The second-order valence-corrected chi connectivity index (χ2v) is 8.74. The Bertz CT molecular complexity index is 533. The van der Waals surface area contributed by atoms with E-state index in [4.69, 9.17) is 9.47 Å². The van der Waals surface area contributed by atoms with Crippen molar-refractivity contribution in [1.82, 2.24) is 9.62 Å². The van der Waals surface area contributed by atoms with E-state index in [2.05, 4.69) is 5.32 Å². The Hall–Kier alpha value is -0.700. The van der Waals surface area contributed by atoms with Gasteiger partial charge in [-0.05, 0) is 25.7 Å². The van der Waals surface area contributed by atoms with Gasteiger partial charge in [-0.25, -0.2) is 8.42 Å². The number of ether oxygens (including phenoxy) is 2. The summed E-state index contributed by atoms with van der Waals surface area (Å²) in [6.07, 6.45) is 3.02. The Kier molecular flexibility index (Phi) is 4.46. The van der Waals surface area contributed by atoms with Gasteiger partial charge in [-0.1, -0.05) is 0 Å². The average Bonchev–Trinajstić information content (AvgIpc) is 3.25. The number of sulfonamides is 1. The van der Waals surface area contributed by atoms with E-state index in [1.54, 1.807) is 4.31 Å². The van der Waals surface area contributed by atoms with Crippen LogP contribution in [0.5, 0.6) is 0 Å². The van der Waals surface area contributed by atoms with E-state index >= 15 is 0 Å². The zero-order valence-corrected chi connectivity index (χ0v) is 13.7. The third-order valence-electron chi connectivity index (χ3n) is 4.54. The van der Waals surface area contributed by atoms with Gasteiger partial charge in [-0.2, -0.15) is 4.31 Å². The zero-order chi connectivity index (χ0) is 15.8. The van der Waals surface area contributed by atoms with E-state index in [1.165, 1.54) is 6.92 Å². The van der Waals surface area contributed by atoms with Crippen LogP contribution >= 0.6 is 0 Å². The molecule has 3 fully saturated rings. The molecular formula is C14H24N2O5S. The summed E-state index contributed by atoms with van der Waals surface area (Å²) in [6.45, 7) is 3.53. The van der Waals surface area contributed by atoms with Crippen LogP contribution in [0.1, 0.15) is 32.6 Å². The van der Waals surface area contributed by atoms with Crippen LogP contribution in [0.2, 0.25) is 0 Å². The van der Waals surface area contributed by atoms with Crippen LogP contribution in [0, 0.1) is 0 Å². The lowest BCUT2D eigenvalue weighted by molar-refractivity contribution is -0.120. The molecule has 1 spiro atoms. The SMILES string of the molecule is CC(=O)NC[C@@H]1CC[C@@]2(COCCN(S(=O)(=O)C3CC3)C2)O1. The minimum Gasteiger partial charge on any atom is -0.377 e. The van der Waals surface area contributed by atoms with Crippen LogP contribution in [-0.4, -0.2) is 68.4 Å². The van der Waals surface area contributed by atoms with E-state index in [9.17, 15) is 13.2 Å². The van der Waals surface area contributed by atoms with Gasteiger partial charge in [-0.3, -0.25) is 4.79 Å². The second kappa shape index (κ2) is 6.07. The van der Waals surface area contributed by atoms with Crippen molar-refractivity contribution in [3.8, 4) is 0 Å². The summed E-state index contributed by atoms with van der Waals surface area (Å²) >= 11 is 0. The third kappa shape index (κ3) is 3.45. The summed E-state index contributed by atoms with van der Waals surface area (Å²) < 4.78 is 38.3. The van der Waals surface area contributed by atoms with Gasteiger partial charge in [-0.15, -0.1) is 0 Å². The normalized spacial score (nSPS) is 33.8. The standard InChI is InChI=1S/C14H24N2O5S/c1-11(17)15-8-12-4-5-14(21-12)9-16(6-7-20-10-14)22(18,19)13-2-3-13/h12-13H,2-10H2,1H3,(H,15,17)/t12-,14+/m0/s1. The number of rotatable bonds is 4. The van der Waals surface area contributed by atoms with Gasteiger partial charge in [0.05, 0.1) is 24.6 Å². The highest BCUT2D eigenvalue weighted by molar-refractivity contribution is 7.90. The molecule has 126 valence electrons. The number of carbonyl (C=O) groups excluding carboxylic acids is 1. The maximum Gasteiger partial charge on any atom is 0.217 e. The maximum absolute atomic E-state index is 12.5. The lowest BCUT2D eigenvalue weighted by Crippen LogP contribution is -2.48. The Labute approximate surface area is 131 Å². The van der Waals surface area contributed by atoms with Crippen LogP contribution in [0.4, 0.5) is 0 Å². The molecule has 2 atom stereocenters. The number of hydrogen-bond acceptors (Lipinski definition) is 5. The van der Waals surface area contributed by atoms with Crippen molar-refractivity contribution >= 4 is 15.9 Å². The fraction of sp³-hybridized carbons (Fsp3) is 0.929. The lowest BCUT2D eigenvalue weighted by atomic mass is 10.0. The first kappa shape index (κ1) is 16.2. The van der Waals surface area contributed by atoms with Gasteiger partial charge >= 0.3 is 0 Å². The summed E-state index contributed by atoms with van der Waals surface area (Å²) in [7, 11) is -3.22. The van der Waals surface area contributed by atoms with E-state index in [0.717, 1.165) is 25.7 Å². The molecule has 3 aliphatic rings. The Morgan fingerprint density at radius 3 is 2.82 bits per heavy atom. The molecule has 0 bridgehead atoms. The lowest BCUT2D eigenvalue weighted by Gasteiger charge is -2.31. The highest BCUT2D eigenvalue weighted by Crippen LogP contribution is 2.37. The van der Waals surface area contributed by atoms with Crippen LogP contribution < -0.4 is 5.32 Å². The minimum absolute atomic E-state index is 0.0731. The first-order chi connectivity index (χ1) is 10.4. The largest absolute Gasteiger partial charge is 0.377 e. The fourth-order valence-corrected chi connectivity index (χ4v) is 5.08.